The van der Waals surface area contributed by atoms with Gasteiger partial charge in [-0.15, -0.1) is 0 Å². The molecule has 3 N–H and O–H groups in total. The smallest absolute Gasteiger partial charge is 0.262 e. The van der Waals surface area contributed by atoms with Crippen molar-refractivity contribution in [3.05, 3.63) is 46.4 Å². The SMILES string of the molecule is CCOc1ccc(NC(C)C(=O)NN=Cc2cc(Br)c(O)c(OC)c2)cc1. The lowest BCUT2D eigenvalue weighted by Crippen LogP contribution is -2.34. The van der Waals surface area contributed by atoms with Gasteiger partial charge < -0.3 is 19.9 Å². The number of benzene rings is 2. The van der Waals surface area contributed by atoms with Crippen LogP contribution in [0.25, 0.3) is 0 Å². The summed E-state index contributed by atoms with van der Waals surface area (Å²) in [5, 5.41) is 16.8. The standard InChI is InChI=1S/C19H22BrN3O4/c1-4-27-15-7-5-14(6-8-15)22-12(2)19(25)23-21-11-13-9-16(20)18(24)17(10-13)26-3/h5-12,22,24H,4H2,1-3H3,(H,23,25). The van der Waals surface area contributed by atoms with Crippen LogP contribution < -0.4 is 20.2 Å². The van der Waals surface area contributed by atoms with E-state index in [2.05, 4.69) is 31.8 Å². The lowest BCUT2D eigenvalue weighted by atomic mass is 10.2. The van der Waals surface area contributed by atoms with Crippen LogP contribution in [0.4, 0.5) is 5.69 Å². The van der Waals surface area contributed by atoms with Crippen LogP contribution >= 0.6 is 15.9 Å². The summed E-state index contributed by atoms with van der Waals surface area (Å²) in [7, 11) is 1.46. The molecule has 2 rings (SSSR count). The maximum atomic E-state index is 12.2. The zero-order chi connectivity index (χ0) is 19.8. The van der Waals surface area contributed by atoms with Crippen molar-refractivity contribution in [3.8, 4) is 17.2 Å². The third-order valence-electron chi connectivity index (χ3n) is 3.60. The maximum absolute atomic E-state index is 12.2. The van der Waals surface area contributed by atoms with Gasteiger partial charge in [0.05, 0.1) is 24.4 Å². The molecule has 0 saturated carbocycles. The molecule has 27 heavy (non-hydrogen) atoms. The van der Waals surface area contributed by atoms with E-state index >= 15 is 0 Å². The summed E-state index contributed by atoms with van der Waals surface area (Å²) in [5.41, 5.74) is 3.94. The Morgan fingerprint density at radius 3 is 2.67 bits per heavy atom. The Kier molecular flexibility index (Phi) is 7.48. The first-order valence-corrected chi connectivity index (χ1v) is 9.12. The second-order valence-corrected chi connectivity index (χ2v) is 6.47. The van der Waals surface area contributed by atoms with Crippen LogP contribution in [-0.2, 0) is 4.79 Å². The molecule has 1 amide bonds. The van der Waals surface area contributed by atoms with E-state index in [4.69, 9.17) is 9.47 Å². The highest BCUT2D eigenvalue weighted by Gasteiger charge is 2.12. The number of phenols is 1. The summed E-state index contributed by atoms with van der Waals surface area (Å²) in [4.78, 5) is 12.2. The number of phenolic OH excluding ortho intramolecular Hbond substituents is 1. The van der Waals surface area contributed by atoms with Crippen molar-refractivity contribution in [1.29, 1.82) is 0 Å². The molecule has 0 fully saturated rings. The van der Waals surface area contributed by atoms with Gasteiger partial charge in [-0.05, 0) is 71.7 Å². The Morgan fingerprint density at radius 1 is 1.33 bits per heavy atom. The van der Waals surface area contributed by atoms with Crippen LogP contribution in [0.15, 0.2) is 46.0 Å². The monoisotopic (exact) mass is 435 g/mol. The van der Waals surface area contributed by atoms with Gasteiger partial charge in [0, 0.05) is 5.69 Å². The van der Waals surface area contributed by atoms with E-state index in [0.717, 1.165) is 11.4 Å². The van der Waals surface area contributed by atoms with Crippen LogP contribution in [-0.4, -0.2) is 37.0 Å². The molecule has 7 nitrogen and oxygen atoms in total. The van der Waals surface area contributed by atoms with Gasteiger partial charge in [-0.25, -0.2) is 5.43 Å². The third-order valence-corrected chi connectivity index (χ3v) is 4.21. The predicted octanol–water partition coefficient (Wildman–Crippen LogP) is 3.51. The Morgan fingerprint density at radius 2 is 2.04 bits per heavy atom. The predicted molar refractivity (Wildman–Crippen MR) is 109 cm³/mol. The molecule has 0 spiro atoms. The molecule has 0 aromatic heterocycles. The summed E-state index contributed by atoms with van der Waals surface area (Å²) in [6.07, 6.45) is 1.47. The van der Waals surface area contributed by atoms with Gasteiger partial charge in [-0.3, -0.25) is 4.79 Å². The molecular formula is C19H22BrN3O4. The van der Waals surface area contributed by atoms with Gasteiger partial charge >= 0.3 is 0 Å². The van der Waals surface area contributed by atoms with Crippen molar-refractivity contribution in [2.45, 2.75) is 19.9 Å². The van der Waals surface area contributed by atoms with Gasteiger partial charge in [-0.1, -0.05) is 0 Å². The normalized spacial score (nSPS) is 11.9. The van der Waals surface area contributed by atoms with E-state index in [1.807, 2.05) is 31.2 Å². The molecule has 0 radical (unpaired) electrons. The van der Waals surface area contributed by atoms with Crippen LogP contribution in [0, 0.1) is 0 Å². The van der Waals surface area contributed by atoms with E-state index in [9.17, 15) is 9.90 Å². The molecule has 0 saturated heterocycles. The number of aromatic hydroxyl groups is 1. The van der Waals surface area contributed by atoms with Gasteiger partial charge in [0.1, 0.15) is 11.8 Å². The van der Waals surface area contributed by atoms with E-state index in [0.29, 0.717) is 22.4 Å². The van der Waals surface area contributed by atoms with E-state index in [-0.39, 0.29) is 11.7 Å². The zero-order valence-electron chi connectivity index (χ0n) is 15.3. The Hall–Kier alpha value is -2.74. The minimum Gasteiger partial charge on any atom is -0.503 e. The molecule has 0 heterocycles. The summed E-state index contributed by atoms with van der Waals surface area (Å²) < 4.78 is 10.9. The van der Waals surface area contributed by atoms with Crippen molar-refractivity contribution in [2.75, 3.05) is 19.0 Å². The quantitative estimate of drug-likeness (QED) is 0.435. The number of carbonyl (C=O) groups excluding carboxylic acids is 1. The number of carbonyl (C=O) groups is 1. The van der Waals surface area contributed by atoms with E-state index in [1.165, 1.54) is 13.3 Å². The van der Waals surface area contributed by atoms with Crippen LogP contribution in [0.5, 0.6) is 17.2 Å². The largest absolute Gasteiger partial charge is 0.503 e. The molecule has 144 valence electrons. The fourth-order valence-electron chi connectivity index (χ4n) is 2.22. The number of halogens is 1. The molecule has 2 aromatic rings. The molecule has 2 aromatic carbocycles. The number of amides is 1. The highest BCUT2D eigenvalue weighted by molar-refractivity contribution is 9.10. The number of hydrazone groups is 1. The second-order valence-electron chi connectivity index (χ2n) is 5.61. The van der Waals surface area contributed by atoms with E-state index < -0.39 is 6.04 Å². The molecule has 0 aliphatic rings. The highest BCUT2D eigenvalue weighted by atomic mass is 79.9. The summed E-state index contributed by atoms with van der Waals surface area (Å²) >= 11 is 3.24. The van der Waals surface area contributed by atoms with Crippen molar-refractivity contribution in [1.82, 2.24) is 5.43 Å². The average molecular weight is 436 g/mol. The lowest BCUT2D eigenvalue weighted by molar-refractivity contribution is -0.121. The van der Waals surface area contributed by atoms with Gasteiger partial charge in [-0.2, -0.15) is 5.10 Å². The third kappa shape index (κ3) is 5.89. The maximum Gasteiger partial charge on any atom is 0.262 e. The molecule has 0 bridgehead atoms. The number of ether oxygens (including phenoxy) is 2. The summed E-state index contributed by atoms with van der Waals surface area (Å²) in [6.45, 7) is 4.26. The first kappa shape index (κ1) is 20.6. The number of rotatable bonds is 8. The fourth-order valence-corrected chi connectivity index (χ4v) is 2.68. The minimum absolute atomic E-state index is 0.00635. The Labute approximate surface area is 166 Å². The van der Waals surface area contributed by atoms with Gasteiger partial charge in [0.25, 0.3) is 5.91 Å². The van der Waals surface area contributed by atoms with Crippen LogP contribution in [0.1, 0.15) is 19.4 Å². The Balaban J connectivity index is 1.92. The van der Waals surface area contributed by atoms with Crippen molar-refractivity contribution >= 4 is 33.7 Å². The fraction of sp³-hybridized carbons (Fsp3) is 0.263. The molecule has 1 unspecified atom stereocenters. The molecule has 0 aliphatic heterocycles. The average Bonchev–Trinajstić information content (AvgIpc) is 2.66. The zero-order valence-corrected chi connectivity index (χ0v) is 16.9. The summed E-state index contributed by atoms with van der Waals surface area (Å²) in [6, 6.07) is 10.2. The van der Waals surface area contributed by atoms with Crippen LogP contribution in [0.3, 0.4) is 0 Å². The first-order chi connectivity index (χ1) is 12.9. The van der Waals surface area contributed by atoms with Crippen LogP contribution in [0.2, 0.25) is 0 Å². The van der Waals surface area contributed by atoms with Crippen molar-refractivity contribution in [2.24, 2.45) is 5.10 Å². The minimum atomic E-state index is -0.485. The van der Waals surface area contributed by atoms with Crippen molar-refractivity contribution in [3.63, 3.8) is 0 Å². The first-order valence-electron chi connectivity index (χ1n) is 8.33. The number of nitrogens with zero attached hydrogens (tertiary/aromatic N) is 1. The lowest BCUT2D eigenvalue weighted by Gasteiger charge is -2.14. The molecule has 1 atom stereocenters. The molecule has 8 heteroatoms. The van der Waals surface area contributed by atoms with Crippen molar-refractivity contribution < 1.29 is 19.4 Å². The Bertz CT molecular complexity index is 809. The number of hydrogen-bond donors (Lipinski definition) is 3. The van der Waals surface area contributed by atoms with E-state index in [1.54, 1.807) is 19.1 Å². The summed E-state index contributed by atoms with van der Waals surface area (Å²) in [5.74, 6) is 0.805. The number of anilines is 1. The number of methoxy groups -OCH3 is 1. The van der Waals surface area contributed by atoms with Gasteiger partial charge in [0.15, 0.2) is 11.5 Å². The topological polar surface area (TPSA) is 92.2 Å². The second kappa shape index (κ2) is 9.82. The van der Waals surface area contributed by atoms with Gasteiger partial charge in [0.2, 0.25) is 0 Å². The molecule has 0 aliphatic carbocycles. The number of nitrogens with one attached hydrogen (secondary N) is 2. The number of hydrogen-bond acceptors (Lipinski definition) is 6. The highest BCUT2D eigenvalue weighted by Crippen LogP contribution is 2.34. The molecular weight excluding hydrogens is 414 g/mol.